The summed E-state index contributed by atoms with van der Waals surface area (Å²) in [5.74, 6) is -0.174. The van der Waals surface area contributed by atoms with Crippen molar-refractivity contribution in [1.29, 1.82) is 0 Å². The van der Waals surface area contributed by atoms with Crippen molar-refractivity contribution in [3.63, 3.8) is 0 Å². The summed E-state index contributed by atoms with van der Waals surface area (Å²) in [6, 6.07) is 7.34. The second-order valence-corrected chi connectivity index (χ2v) is 7.95. The van der Waals surface area contributed by atoms with E-state index in [0.29, 0.717) is 17.4 Å². The largest absolute Gasteiger partial charge is 0.480 e. The highest BCUT2D eigenvalue weighted by molar-refractivity contribution is 5.99. The van der Waals surface area contributed by atoms with E-state index in [1.54, 1.807) is 18.2 Å². The van der Waals surface area contributed by atoms with Gasteiger partial charge in [0.2, 0.25) is 5.91 Å². The highest BCUT2D eigenvalue weighted by Gasteiger charge is 2.38. The van der Waals surface area contributed by atoms with Crippen LogP contribution < -0.4 is 15.4 Å². The maximum absolute atomic E-state index is 12.3. The standard InChI is InChI=1S/C20H25N3O5/c24-18(9-17-20(27)22-15-3-1-2-4-16(15)28-17)21-13-7-14(8-13)23(11-19(25)26)10-12-5-6-12/h1-4,12-14,17H,5-11H2,(H,21,24)(H,22,27)(H,25,26). The first-order chi connectivity index (χ1) is 13.5. The van der Waals surface area contributed by atoms with Gasteiger partial charge in [-0.1, -0.05) is 12.1 Å². The van der Waals surface area contributed by atoms with Crippen LogP contribution >= 0.6 is 0 Å². The maximum atomic E-state index is 12.3. The Morgan fingerprint density at radius 3 is 2.71 bits per heavy atom. The Bertz CT molecular complexity index is 773. The average Bonchev–Trinajstić information content (AvgIpc) is 3.41. The van der Waals surface area contributed by atoms with E-state index >= 15 is 0 Å². The molecule has 1 aromatic carbocycles. The fraction of sp³-hybridized carbons (Fsp3) is 0.550. The van der Waals surface area contributed by atoms with Crippen LogP contribution in [-0.4, -0.2) is 59.1 Å². The number of carbonyl (C=O) groups excluding carboxylic acids is 2. The molecular weight excluding hydrogens is 362 g/mol. The topological polar surface area (TPSA) is 108 Å². The third-order valence-corrected chi connectivity index (χ3v) is 5.60. The molecule has 4 rings (SSSR count). The van der Waals surface area contributed by atoms with Gasteiger partial charge < -0.3 is 20.5 Å². The molecule has 1 atom stereocenters. The molecule has 28 heavy (non-hydrogen) atoms. The van der Waals surface area contributed by atoms with Crippen molar-refractivity contribution >= 4 is 23.5 Å². The fourth-order valence-electron chi connectivity index (χ4n) is 3.83. The first kappa shape index (κ1) is 18.7. The van der Waals surface area contributed by atoms with Crippen LogP contribution in [0.2, 0.25) is 0 Å². The summed E-state index contributed by atoms with van der Waals surface area (Å²) < 4.78 is 5.66. The van der Waals surface area contributed by atoms with Crippen molar-refractivity contribution in [2.45, 2.75) is 50.3 Å². The van der Waals surface area contributed by atoms with E-state index < -0.39 is 12.1 Å². The summed E-state index contributed by atoms with van der Waals surface area (Å²) in [4.78, 5) is 37.6. The number of hydrogen-bond donors (Lipinski definition) is 3. The first-order valence-electron chi connectivity index (χ1n) is 9.79. The van der Waals surface area contributed by atoms with E-state index in [2.05, 4.69) is 10.6 Å². The molecule has 150 valence electrons. The van der Waals surface area contributed by atoms with Gasteiger partial charge in [0.15, 0.2) is 6.10 Å². The van der Waals surface area contributed by atoms with Crippen LogP contribution in [0.1, 0.15) is 32.1 Å². The van der Waals surface area contributed by atoms with Gasteiger partial charge in [-0.05, 0) is 43.7 Å². The Morgan fingerprint density at radius 2 is 2.00 bits per heavy atom. The van der Waals surface area contributed by atoms with Crippen LogP contribution in [-0.2, 0) is 14.4 Å². The quantitative estimate of drug-likeness (QED) is 0.619. The zero-order chi connectivity index (χ0) is 19.7. The summed E-state index contributed by atoms with van der Waals surface area (Å²) in [5.41, 5.74) is 0.611. The van der Waals surface area contributed by atoms with E-state index in [-0.39, 0.29) is 36.9 Å². The maximum Gasteiger partial charge on any atom is 0.317 e. The molecule has 0 aromatic heterocycles. The fourth-order valence-corrected chi connectivity index (χ4v) is 3.83. The summed E-state index contributed by atoms with van der Waals surface area (Å²) >= 11 is 0. The van der Waals surface area contributed by atoms with E-state index in [9.17, 15) is 14.4 Å². The van der Waals surface area contributed by atoms with Gasteiger partial charge in [-0.2, -0.15) is 0 Å². The summed E-state index contributed by atoms with van der Waals surface area (Å²) in [5, 5.41) is 14.8. The SMILES string of the molecule is O=C(O)CN(CC1CC1)C1CC(NC(=O)CC2Oc3ccccc3NC2=O)C1. The second kappa shape index (κ2) is 7.79. The van der Waals surface area contributed by atoms with Gasteiger partial charge in [-0.3, -0.25) is 19.3 Å². The molecule has 2 fully saturated rings. The van der Waals surface area contributed by atoms with Gasteiger partial charge in [0.1, 0.15) is 5.75 Å². The molecule has 3 aliphatic rings. The number of ether oxygens (including phenoxy) is 1. The smallest absolute Gasteiger partial charge is 0.317 e. The van der Waals surface area contributed by atoms with Crippen LogP contribution in [0.3, 0.4) is 0 Å². The van der Waals surface area contributed by atoms with E-state index in [1.807, 2.05) is 11.0 Å². The lowest BCUT2D eigenvalue weighted by molar-refractivity contribution is -0.140. The number of carbonyl (C=O) groups is 3. The Labute approximate surface area is 163 Å². The number of rotatable bonds is 8. The van der Waals surface area contributed by atoms with Gasteiger partial charge >= 0.3 is 5.97 Å². The lowest BCUT2D eigenvalue weighted by Gasteiger charge is -2.42. The van der Waals surface area contributed by atoms with Gasteiger partial charge in [0.05, 0.1) is 18.7 Å². The molecule has 3 N–H and O–H groups in total. The Balaban J connectivity index is 1.24. The number of anilines is 1. The number of hydrogen-bond acceptors (Lipinski definition) is 5. The molecule has 0 spiro atoms. The molecule has 1 aliphatic heterocycles. The average molecular weight is 387 g/mol. The van der Waals surface area contributed by atoms with E-state index in [4.69, 9.17) is 9.84 Å². The Hall–Kier alpha value is -2.61. The molecule has 1 aromatic rings. The number of aliphatic carboxylic acids is 1. The third kappa shape index (κ3) is 4.44. The number of para-hydroxylation sites is 2. The highest BCUT2D eigenvalue weighted by Crippen LogP contribution is 2.34. The summed E-state index contributed by atoms with van der Waals surface area (Å²) in [6.45, 7) is 0.879. The Morgan fingerprint density at radius 1 is 1.25 bits per heavy atom. The molecule has 1 unspecified atom stereocenters. The normalized spacial score (nSPS) is 25.9. The second-order valence-electron chi connectivity index (χ2n) is 7.95. The monoisotopic (exact) mass is 387 g/mol. The highest BCUT2D eigenvalue weighted by atomic mass is 16.5. The minimum atomic E-state index is -0.843. The molecule has 0 bridgehead atoms. The van der Waals surface area contributed by atoms with E-state index in [1.165, 1.54) is 12.8 Å². The number of nitrogens with one attached hydrogen (secondary N) is 2. The molecule has 0 radical (unpaired) electrons. The van der Waals surface area contributed by atoms with Crippen LogP contribution in [0, 0.1) is 5.92 Å². The molecule has 1 heterocycles. The number of nitrogens with zero attached hydrogens (tertiary/aromatic N) is 1. The van der Waals surface area contributed by atoms with Crippen LogP contribution in [0.15, 0.2) is 24.3 Å². The van der Waals surface area contributed by atoms with Gasteiger partial charge in [-0.25, -0.2) is 0 Å². The minimum absolute atomic E-state index is 0.0203. The zero-order valence-corrected chi connectivity index (χ0v) is 15.6. The van der Waals surface area contributed by atoms with Gasteiger partial charge in [-0.15, -0.1) is 0 Å². The number of fused-ring (bicyclic) bond motifs is 1. The molecule has 2 aliphatic carbocycles. The van der Waals surface area contributed by atoms with Gasteiger partial charge in [0, 0.05) is 18.6 Å². The van der Waals surface area contributed by atoms with Crippen molar-refractivity contribution in [2.24, 2.45) is 5.92 Å². The lowest BCUT2D eigenvalue weighted by Crippen LogP contribution is -2.55. The molecule has 8 heteroatoms. The van der Waals surface area contributed by atoms with Crippen molar-refractivity contribution in [1.82, 2.24) is 10.2 Å². The summed E-state index contributed by atoms with van der Waals surface area (Å²) in [7, 11) is 0. The molecule has 0 saturated heterocycles. The third-order valence-electron chi connectivity index (χ3n) is 5.60. The number of carboxylic acids is 1. The number of carboxylic acid groups (broad SMARTS) is 1. The first-order valence-corrected chi connectivity index (χ1v) is 9.79. The van der Waals surface area contributed by atoms with Crippen LogP contribution in [0.4, 0.5) is 5.69 Å². The predicted octanol–water partition coefficient (Wildman–Crippen LogP) is 1.22. The number of benzene rings is 1. The lowest BCUT2D eigenvalue weighted by atomic mass is 9.85. The van der Waals surface area contributed by atoms with Gasteiger partial charge in [0.25, 0.3) is 5.91 Å². The zero-order valence-electron chi connectivity index (χ0n) is 15.6. The molecule has 8 nitrogen and oxygen atoms in total. The molecule has 2 amide bonds. The van der Waals surface area contributed by atoms with Crippen molar-refractivity contribution in [3.8, 4) is 5.75 Å². The van der Waals surface area contributed by atoms with E-state index in [0.717, 1.165) is 19.4 Å². The molecule has 2 saturated carbocycles. The number of amides is 2. The molecular formula is C20H25N3O5. The predicted molar refractivity (Wildman–Crippen MR) is 101 cm³/mol. The van der Waals surface area contributed by atoms with Crippen LogP contribution in [0.25, 0.3) is 0 Å². The Kier molecular flexibility index (Phi) is 5.21. The minimum Gasteiger partial charge on any atom is -0.480 e. The van der Waals surface area contributed by atoms with Crippen molar-refractivity contribution in [3.05, 3.63) is 24.3 Å². The van der Waals surface area contributed by atoms with Crippen LogP contribution in [0.5, 0.6) is 5.75 Å². The van der Waals surface area contributed by atoms with Crippen molar-refractivity contribution < 1.29 is 24.2 Å². The van der Waals surface area contributed by atoms with Crippen molar-refractivity contribution in [2.75, 3.05) is 18.4 Å². The summed E-state index contributed by atoms with van der Waals surface area (Å²) in [6.07, 6.45) is 2.95.